The Hall–Kier alpha value is -1.12. The Morgan fingerprint density at radius 3 is 2.57 bits per heavy atom. The molecule has 2 heteroatoms. The molecule has 0 aliphatic rings. The standard InChI is InChI=1S/C19H24BrN/c1-2-14-21-19(17-11-7-12-18(20)15-17)13-6-10-16-8-4-3-5-9-16/h3-5,7-9,11-12,15,19,21H,2,6,10,13-14H2,1H3. The first-order valence-corrected chi connectivity index (χ1v) is 8.61. The van der Waals surface area contributed by atoms with Gasteiger partial charge in [-0.15, -0.1) is 0 Å². The average molecular weight is 346 g/mol. The first-order valence-electron chi connectivity index (χ1n) is 7.82. The van der Waals surface area contributed by atoms with E-state index in [9.17, 15) is 0 Å². The van der Waals surface area contributed by atoms with Gasteiger partial charge in [0, 0.05) is 10.5 Å². The van der Waals surface area contributed by atoms with E-state index in [0.717, 1.165) is 17.4 Å². The van der Waals surface area contributed by atoms with Crippen LogP contribution in [-0.4, -0.2) is 6.54 Å². The minimum Gasteiger partial charge on any atom is -0.310 e. The maximum atomic E-state index is 3.68. The van der Waals surface area contributed by atoms with Crippen molar-refractivity contribution in [2.75, 3.05) is 6.54 Å². The van der Waals surface area contributed by atoms with Crippen LogP contribution in [0.3, 0.4) is 0 Å². The van der Waals surface area contributed by atoms with Gasteiger partial charge in [0.2, 0.25) is 0 Å². The van der Waals surface area contributed by atoms with E-state index in [1.807, 2.05) is 0 Å². The molecule has 2 aromatic carbocycles. The second kappa shape index (κ2) is 9.01. The number of rotatable bonds is 8. The van der Waals surface area contributed by atoms with Crippen molar-refractivity contribution in [2.24, 2.45) is 0 Å². The van der Waals surface area contributed by atoms with Crippen LogP contribution < -0.4 is 5.32 Å². The lowest BCUT2D eigenvalue weighted by Crippen LogP contribution is -2.22. The molecule has 0 radical (unpaired) electrons. The maximum absolute atomic E-state index is 3.68. The molecule has 0 aliphatic heterocycles. The molecule has 0 fully saturated rings. The summed E-state index contributed by atoms with van der Waals surface area (Å²) < 4.78 is 1.16. The predicted octanol–water partition coefficient (Wildman–Crippen LogP) is 5.51. The molecule has 112 valence electrons. The SMILES string of the molecule is CCCNC(CCCc1ccccc1)c1cccc(Br)c1. The highest BCUT2D eigenvalue weighted by molar-refractivity contribution is 9.10. The molecule has 2 aromatic rings. The molecule has 21 heavy (non-hydrogen) atoms. The largest absolute Gasteiger partial charge is 0.310 e. The molecule has 1 unspecified atom stereocenters. The summed E-state index contributed by atoms with van der Waals surface area (Å²) in [7, 11) is 0. The number of benzene rings is 2. The molecule has 2 rings (SSSR count). The predicted molar refractivity (Wildman–Crippen MR) is 94.6 cm³/mol. The molecule has 1 nitrogen and oxygen atoms in total. The van der Waals surface area contributed by atoms with E-state index >= 15 is 0 Å². The van der Waals surface area contributed by atoms with Crippen molar-refractivity contribution in [2.45, 2.75) is 38.6 Å². The van der Waals surface area contributed by atoms with Gasteiger partial charge in [0.15, 0.2) is 0 Å². The van der Waals surface area contributed by atoms with Gasteiger partial charge in [-0.05, 0) is 55.5 Å². The van der Waals surface area contributed by atoms with Gasteiger partial charge < -0.3 is 5.32 Å². The van der Waals surface area contributed by atoms with Crippen molar-refractivity contribution < 1.29 is 0 Å². The average Bonchev–Trinajstić information content (AvgIpc) is 2.51. The van der Waals surface area contributed by atoms with Gasteiger partial charge in [-0.1, -0.05) is 65.3 Å². The van der Waals surface area contributed by atoms with Crippen molar-refractivity contribution in [1.29, 1.82) is 0 Å². The van der Waals surface area contributed by atoms with Crippen LogP contribution in [0.25, 0.3) is 0 Å². The Morgan fingerprint density at radius 1 is 1.05 bits per heavy atom. The summed E-state index contributed by atoms with van der Waals surface area (Å²) in [6, 6.07) is 19.9. The lowest BCUT2D eigenvalue weighted by atomic mass is 9.99. The van der Waals surface area contributed by atoms with Crippen LogP contribution in [0, 0.1) is 0 Å². The van der Waals surface area contributed by atoms with E-state index in [2.05, 4.69) is 82.8 Å². The summed E-state index contributed by atoms with van der Waals surface area (Å²) in [5.41, 5.74) is 2.81. The number of halogens is 1. The minimum absolute atomic E-state index is 0.450. The van der Waals surface area contributed by atoms with Crippen LogP contribution in [0.15, 0.2) is 59.1 Å². The summed E-state index contributed by atoms with van der Waals surface area (Å²) in [4.78, 5) is 0. The highest BCUT2D eigenvalue weighted by atomic mass is 79.9. The molecule has 0 bridgehead atoms. The van der Waals surface area contributed by atoms with Crippen LogP contribution in [-0.2, 0) is 6.42 Å². The lowest BCUT2D eigenvalue weighted by molar-refractivity contribution is 0.484. The Balaban J connectivity index is 1.93. The van der Waals surface area contributed by atoms with E-state index in [0.29, 0.717) is 6.04 Å². The Morgan fingerprint density at radius 2 is 1.86 bits per heavy atom. The summed E-state index contributed by atoms with van der Waals surface area (Å²) >= 11 is 3.58. The molecule has 0 heterocycles. The summed E-state index contributed by atoms with van der Waals surface area (Å²) in [6.07, 6.45) is 4.70. The fourth-order valence-corrected chi connectivity index (χ4v) is 3.00. The minimum atomic E-state index is 0.450. The summed E-state index contributed by atoms with van der Waals surface area (Å²) in [5, 5.41) is 3.68. The Labute approximate surface area is 136 Å². The monoisotopic (exact) mass is 345 g/mol. The van der Waals surface area contributed by atoms with Crippen molar-refractivity contribution >= 4 is 15.9 Å². The van der Waals surface area contributed by atoms with Gasteiger partial charge in [0.1, 0.15) is 0 Å². The fraction of sp³-hybridized carbons (Fsp3) is 0.368. The van der Waals surface area contributed by atoms with E-state index in [1.165, 1.54) is 30.4 Å². The third kappa shape index (κ3) is 5.64. The van der Waals surface area contributed by atoms with Crippen molar-refractivity contribution in [3.05, 3.63) is 70.2 Å². The van der Waals surface area contributed by atoms with E-state index in [4.69, 9.17) is 0 Å². The van der Waals surface area contributed by atoms with E-state index < -0.39 is 0 Å². The maximum Gasteiger partial charge on any atom is 0.0320 e. The number of aryl methyl sites for hydroxylation is 1. The second-order valence-electron chi connectivity index (χ2n) is 5.44. The zero-order chi connectivity index (χ0) is 14.9. The number of nitrogens with one attached hydrogen (secondary N) is 1. The third-order valence-corrected chi connectivity index (χ3v) is 4.19. The molecule has 0 aromatic heterocycles. The molecule has 1 atom stereocenters. The van der Waals surface area contributed by atoms with Crippen molar-refractivity contribution in [1.82, 2.24) is 5.32 Å². The Bertz CT molecular complexity index is 524. The zero-order valence-corrected chi connectivity index (χ0v) is 14.3. The molecular formula is C19H24BrN. The summed E-state index contributed by atoms with van der Waals surface area (Å²) in [5.74, 6) is 0. The normalized spacial score (nSPS) is 12.3. The molecule has 1 N–H and O–H groups in total. The van der Waals surface area contributed by atoms with Crippen molar-refractivity contribution in [3.63, 3.8) is 0 Å². The van der Waals surface area contributed by atoms with Crippen LogP contribution in [0.2, 0.25) is 0 Å². The highest BCUT2D eigenvalue weighted by Crippen LogP contribution is 2.23. The first kappa shape index (κ1) is 16.3. The van der Waals surface area contributed by atoms with E-state index in [-0.39, 0.29) is 0 Å². The molecule has 0 amide bonds. The second-order valence-corrected chi connectivity index (χ2v) is 6.36. The van der Waals surface area contributed by atoms with Gasteiger partial charge in [-0.3, -0.25) is 0 Å². The number of hydrogen-bond acceptors (Lipinski definition) is 1. The van der Waals surface area contributed by atoms with Gasteiger partial charge in [-0.25, -0.2) is 0 Å². The topological polar surface area (TPSA) is 12.0 Å². The zero-order valence-electron chi connectivity index (χ0n) is 12.7. The van der Waals surface area contributed by atoms with Gasteiger partial charge in [0.25, 0.3) is 0 Å². The highest BCUT2D eigenvalue weighted by Gasteiger charge is 2.10. The smallest absolute Gasteiger partial charge is 0.0320 e. The third-order valence-electron chi connectivity index (χ3n) is 3.69. The van der Waals surface area contributed by atoms with Crippen LogP contribution in [0.5, 0.6) is 0 Å². The molecule has 0 spiro atoms. The van der Waals surface area contributed by atoms with Gasteiger partial charge in [-0.2, -0.15) is 0 Å². The lowest BCUT2D eigenvalue weighted by Gasteiger charge is -2.19. The van der Waals surface area contributed by atoms with Crippen LogP contribution in [0.1, 0.15) is 43.4 Å². The first-order chi connectivity index (χ1) is 10.3. The molecule has 0 aliphatic carbocycles. The van der Waals surface area contributed by atoms with Gasteiger partial charge >= 0.3 is 0 Å². The van der Waals surface area contributed by atoms with Gasteiger partial charge in [0.05, 0.1) is 0 Å². The Kier molecular flexibility index (Phi) is 6.98. The van der Waals surface area contributed by atoms with Crippen LogP contribution >= 0.6 is 15.9 Å². The quantitative estimate of drug-likeness (QED) is 0.664. The molecule has 0 saturated heterocycles. The van der Waals surface area contributed by atoms with E-state index in [1.54, 1.807) is 0 Å². The summed E-state index contributed by atoms with van der Waals surface area (Å²) in [6.45, 7) is 3.29. The van der Waals surface area contributed by atoms with Crippen LogP contribution in [0.4, 0.5) is 0 Å². The van der Waals surface area contributed by atoms with Crippen molar-refractivity contribution in [3.8, 4) is 0 Å². The number of hydrogen-bond donors (Lipinski definition) is 1. The fourth-order valence-electron chi connectivity index (χ4n) is 2.58. The molecular weight excluding hydrogens is 322 g/mol. The molecule has 0 saturated carbocycles.